The van der Waals surface area contributed by atoms with Crippen LogP contribution >= 0.6 is 46.4 Å². The zero-order chi connectivity index (χ0) is 20.4. The average molecular weight is 472 g/mol. The van der Waals surface area contributed by atoms with Crippen molar-refractivity contribution in [3.05, 3.63) is 50.4 Å². The molecule has 1 amide bonds. The van der Waals surface area contributed by atoms with E-state index in [4.69, 9.17) is 51.1 Å². The predicted molar refractivity (Wildman–Crippen MR) is 110 cm³/mol. The number of halogens is 4. The van der Waals surface area contributed by atoms with Crippen LogP contribution in [0.15, 0.2) is 30.3 Å². The van der Waals surface area contributed by atoms with Gasteiger partial charge in [-0.25, -0.2) is 8.42 Å². The monoisotopic (exact) mass is 470 g/mol. The number of sulfonamides is 1. The summed E-state index contributed by atoms with van der Waals surface area (Å²) in [6.45, 7) is -0.539. The maximum absolute atomic E-state index is 12.4. The van der Waals surface area contributed by atoms with Crippen molar-refractivity contribution in [3.63, 3.8) is 0 Å². The average Bonchev–Trinajstić information content (AvgIpc) is 2.55. The van der Waals surface area contributed by atoms with Crippen LogP contribution in [0.1, 0.15) is 0 Å². The maximum Gasteiger partial charge on any atom is 0.245 e. The number of methoxy groups -OCH3 is 1. The quantitative estimate of drug-likeness (QED) is 0.661. The molecule has 2 aromatic carbocycles. The van der Waals surface area contributed by atoms with Gasteiger partial charge in [-0.1, -0.05) is 46.4 Å². The second-order valence-electron chi connectivity index (χ2n) is 5.38. The molecule has 0 saturated carbocycles. The maximum atomic E-state index is 12.4. The Balaban J connectivity index is 2.34. The lowest BCUT2D eigenvalue weighted by atomic mass is 10.3. The van der Waals surface area contributed by atoms with Crippen molar-refractivity contribution >= 4 is 73.7 Å². The largest absolute Gasteiger partial charge is 0.495 e. The summed E-state index contributed by atoms with van der Waals surface area (Å²) in [5, 5.41) is 3.40. The molecule has 0 aromatic heterocycles. The normalized spacial score (nSPS) is 11.2. The molecule has 0 atom stereocenters. The van der Waals surface area contributed by atoms with Crippen LogP contribution in [0.5, 0.6) is 5.75 Å². The summed E-state index contributed by atoms with van der Waals surface area (Å²) in [7, 11) is -2.47. The Bertz CT molecular complexity index is 983. The van der Waals surface area contributed by atoms with Crippen LogP contribution in [0.2, 0.25) is 20.1 Å². The minimum Gasteiger partial charge on any atom is -0.495 e. The second kappa shape index (κ2) is 8.75. The molecule has 0 unspecified atom stereocenters. The number of nitrogens with one attached hydrogen (secondary N) is 1. The molecule has 0 aliphatic carbocycles. The summed E-state index contributed by atoms with van der Waals surface area (Å²) in [6, 6.07) is 7.18. The number of carbonyl (C=O) groups is 1. The van der Waals surface area contributed by atoms with Gasteiger partial charge in [0.15, 0.2) is 0 Å². The Morgan fingerprint density at radius 1 is 1.07 bits per heavy atom. The van der Waals surface area contributed by atoms with Gasteiger partial charge in [0, 0.05) is 11.1 Å². The molecule has 146 valence electrons. The lowest BCUT2D eigenvalue weighted by Gasteiger charge is -2.24. The fourth-order valence-electron chi connectivity index (χ4n) is 2.16. The lowest BCUT2D eigenvalue weighted by Crippen LogP contribution is -2.37. The van der Waals surface area contributed by atoms with Gasteiger partial charge in [-0.05, 0) is 24.3 Å². The van der Waals surface area contributed by atoms with E-state index in [-0.39, 0.29) is 26.5 Å². The van der Waals surface area contributed by atoms with Crippen LogP contribution in [-0.2, 0) is 14.8 Å². The summed E-state index contributed by atoms with van der Waals surface area (Å²) in [5.74, 6) is -0.416. The van der Waals surface area contributed by atoms with Crippen molar-refractivity contribution < 1.29 is 17.9 Å². The minimum absolute atomic E-state index is 0.0450. The number of ether oxygens (including phenoxy) is 1. The smallest absolute Gasteiger partial charge is 0.245 e. The van der Waals surface area contributed by atoms with E-state index < -0.39 is 22.5 Å². The third kappa shape index (κ3) is 5.56. The minimum atomic E-state index is -3.85. The van der Waals surface area contributed by atoms with Gasteiger partial charge in [0.25, 0.3) is 0 Å². The van der Waals surface area contributed by atoms with Gasteiger partial charge in [-0.2, -0.15) is 0 Å². The molecule has 11 heteroatoms. The van der Waals surface area contributed by atoms with E-state index in [9.17, 15) is 13.2 Å². The number of rotatable bonds is 6. The first-order valence-electron chi connectivity index (χ1n) is 7.28. The van der Waals surface area contributed by atoms with E-state index in [0.29, 0.717) is 10.7 Å². The van der Waals surface area contributed by atoms with Crippen LogP contribution < -0.4 is 14.4 Å². The fraction of sp³-hybridized carbons (Fsp3) is 0.188. The molecular formula is C16H14Cl4N2O4S. The van der Waals surface area contributed by atoms with E-state index in [0.717, 1.165) is 10.6 Å². The summed E-state index contributed by atoms with van der Waals surface area (Å²) >= 11 is 23.9. The molecule has 27 heavy (non-hydrogen) atoms. The van der Waals surface area contributed by atoms with Crippen molar-refractivity contribution in [1.29, 1.82) is 0 Å². The molecule has 0 bridgehead atoms. The van der Waals surface area contributed by atoms with Gasteiger partial charge in [0.1, 0.15) is 12.3 Å². The highest BCUT2D eigenvalue weighted by atomic mass is 35.5. The lowest BCUT2D eigenvalue weighted by molar-refractivity contribution is -0.114. The second-order valence-corrected chi connectivity index (χ2v) is 8.94. The van der Waals surface area contributed by atoms with Gasteiger partial charge in [-0.15, -0.1) is 0 Å². The number of benzene rings is 2. The van der Waals surface area contributed by atoms with Gasteiger partial charge in [0.05, 0.1) is 39.8 Å². The first kappa shape index (κ1) is 21.9. The number of amides is 1. The van der Waals surface area contributed by atoms with E-state index in [2.05, 4.69) is 5.32 Å². The van der Waals surface area contributed by atoms with Gasteiger partial charge in [-0.3, -0.25) is 9.10 Å². The summed E-state index contributed by atoms with van der Waals surface area (Å²) in [4.78, 5) is 12.4. The van der Waals surface area contributed by atoms with Gasteiger partial charge in [0.2, 0.25) is 15.9 Å². The van der Waals surface area contributed by atoms with E-state index in [1.807, 2.05) is 0 Å². The number of hydrogen-bond acceptors (Lipinski definition) is 4. The summed E-state index contributed by atoms with van der Waals surface area (Å²) < 4.78 is 30.4. The Labute approximate surface area is 177 Å². The Morgan fingerprint density at radius 2 is 1.74 bits per heavy atom. The van der Waals surface area contributed by atoms with Crippen molar-refractivity contribution in [2.24, 2.45) is 0 Å². The zero-order valence-corrected chi connectivity index (χ0v) is 17.9. The van der Waals surface area contributed by atoms with Crippen LogP contribution in [-0.4, -0.2) is 34.2 Å². The standard InChI is InChI=1S/C16H14Cl4N2O4S/c1-26-15-7-14(11(19)6-12(15)20)22(27(2,24)25)8-16(23)21-13-4-3-9(17)5-10(13)18/h3-7H,8H2,1-2H3,(H,21,23). The first-order valence-corrected chi connectivity index (χ1v) is 10.6. The molecule has 2 aromatic rings. The fourth-order valence-corrected chi connectivity index (χ4v) is 4.09. The molecule has 6 nitrogen and oxygen atoms in total. The third-order valence-corrected chi connectivity index (χ3v) is 5.66. The first-order chi connectivity index (χ1) is 12.5. The van der Waals surface area contributed by atoms with Crippen molar-refractivity contribution in [2.75, 3.05) is 29.5 Å². The van der Waals surface area contributed by atoms with Gasteiger partial charge < -0.3 is 10.1 Å². The van der Waals surface area contributed by atoms with Crippen LogP contribution in [0.4, 0.5) is 11.4 Å². The predicted octanol–water partition coefficient (Wildman–Crippen LogP) is 4.71. The summed E-state index contributed by atoms with van der Waals surface area (Å²) in [6.07, 6.45) is 0.951. The SMILES string of the molecule is COc1cc(N(CC(=O)Nc2ccc(Cl)cc2Cl)S(C)(=O)=O)c(Cl)cc1Cl. The number of nitrogens with zero attached hydrogens (tertiary/aromatic N) is 1. The highest BCUT2D eigenvalue weighted by molar-refractivity contribution is 7.92. The van der Waals surface area contributed by atoms with Crippen LogP contribution in [0.3, 0.4) is 0 Å². The molecule has 0 spiro atoms. The summed E-state index contributed by atoms with van der Waals surface area (Å²) in [5.41, 5.74) is 0.345. The van der Waals surface area contributed by atoms with E-state index in [1.54, 1.807) is 0 Å². The molecule has 0 aliphatic heterocycles. The van der Waals surface area contributed by atoms with Crippen LogP contribution in [0.25, 0.3) is 0 Å². The Hall–Kier alpha value is -1.38. The van der Waals surface area contributed by atoms with Gasteiger partial charge >= 0.3 is 0 Å². The zero-order valence-electron chi connectivity index (χ0n) is 14.1. The molecule has 0 fully saturated rings. The number of anilines is 2. The van der Waals surface area contributed by atoms with Crippen molar-refractivity contribution in [2.45, 2.75) is 0 Å². The highest BCUT2D eigenvalue weighted by Crippen LogP contribution is 2.37. The van der Waals surface area contributed by atoms with E-state index >= 15 is 0 Å². The Kier molecular flexibility index (Phi) is 7.10. The van der Waals surface area contributed by atoms with Crippen molar-refractivity contribution in [3.8, 4) is 5.75 Å². The molecule has 0 heterocycles. The van der Waals surface area contributed by atoms with Crippen molar-refractivity contribution in [1.82, 2.24) is 0 Å². The molecule has 2 rings (SSSR count). The molecule has 1 N–H and O–H groups in total. The van der Waals surface area contributed by atoms with E-state index in [1.165, 1.54) is 37.4 Å². The Morgan fingerprint density at radius 3 is 2.30 bits per heavy atom. The third-order valence-electron chi connectivity index (χ3n) is 3.38. The highest BCUT2D eigenvalue weighted by Gasteiger charge is 2.25. The molecular weight excluding hydrogens is 458 g/mol. The molecule has 0 saturated heterocycles. The molecule has 0 aliphatic rings. The topological polar surface area (TPSA) is 75.7 Å². The number of carbonyl (C=O) groups excluding carboxylic acids is 1. The number of hydrogen-bond donors (Lipinski definition) is 1. The van der Waals surface area contributed by atoms with Crippen LogP contribution in [0, 0.1) is 0 Å². The molecule has 0 radical (unpaired) electrons.